The molecule has 3 aromatic heterocycles. The third kappa shape index (κ3) is 6.67. The van der Waals surface area contributed by atoms with Gasteiger partial charge in [0.1, 0.15) is 6.33 Å². The van der Waals surface area contributed by atoms with Crippen LogP contribution in [0.4, 0.5) is 22.0 Å². The summed E-state index contributed by atoms with van der Waals surface area (Å²) in [5.41, 5.74) is 0.877. The van der Waals surface area contributed by atoms with Gasteiger partial charge in [-0.1, -0.05) is 0 Å². The molecule has 0 aliphatic heterocycles. The largest absolute Gasteiger partial charge is 0.418 e. The number of carbonyl (C=O) groups is 2. The minimum absolute atomic E-state index is 0.00706. The lowest BCUT2D eigenvalue weighted by molar-refractivity contribution is 0.0692. The number of aliphatic hydroxyl groups is 1. The summed E-state index contributed by atoms with van der Waals surface area (Å²) in [6.07, 6.45) is 7.25. The van der Waals surface area contributed by atoms with E-state index in [0.717, 1.165) is 18.5 Å². The van der Waals surface area contributed by atoms with E-state index in [1.54, 1.807) is 51.5 Å². The fourth-order valence-electron chi connectivity index (χ4n) is 3.05. The van der Waals surface area contributed by atoms with Gasteiger partial charge in [0.25, 0.3) is 11.8 Å². The van der Waals surface area contributed by atoms with Gasteiger partial charge in [0.15, 0.2) is 11.5 Å². The molecule has 0 radical (unpaired) electrons. The van der Waals surface area contributed by atoms with Crippen molar-refractivity contribution in [1.82, 2.24) is 30.2 Å². The number of aryl methyl sites for hydroxylation is 1. The van der Waals surface area contributed by atoms with Crippen molar-refractivity contribution in [1.29, 1.82) is 0 Å². The number of nitrogens with one attached hydrogen (secondary N) is 3. The van der Waals surface area contributed by atoms with Gasteiger partial charge in [0.05, 0.1) is 41.3 Å². The zero-order chi connectivity index (χ0) is 25.0. The third-order valence-corrected chi connectivity index (χ3v) is 4.94. The van der Waals surface area contributed by atoms with Gasteiger partial charge in [-0.3, -0.25) is 10.1 Å². The zero-order valence-corrected chi connectivity index (χ0v) is 19.6. The number of hydrogen-bond donors (Lipinski definition) is 4. The van der Waals surface area contributed by atoms with E-state index in [0.29, 0.717) is 11.4 Å². The molecule has 4 N–H and O–H groups in total. The van der Waals surface area contributed by atoms with Crippen molar-refractivity contribution in [2.75, 3.05) is 17.2 Å². The number of anilines is 3. The number of pyridine rings is 1. The van der Waals surface area contributed by atoms with Crippen molar-refractivity contribution in [2.45, 2.75) is 45.1 Å². The van der Waals surface area contributed by atoms with Gasteiger partial charge in [-0.2, -0.15) is 0 Å². The van der Waals surface area contributed by atoms with Crippen LogP contribution in [0.1, 0.15) is 54.5 Å². The smallest absolute Gasteiger partial charge is 0.389 e. The normalized spacial score (nSPS) is 13.1. The Bertz CT molecular complexity index is 1230. The van der Waals surface area contributed by atoms with Crippen LogP contribution in [-0.4, -0.2) is 54.2 Å². The van der Waals surface area contributed by atoms with Crippen molar-refractivity contribution in [2.24, 2.45) is 0 Å². The molecule has 1 saturated carbocycles. The van der Waals surface area contributed by atoms with Gasteiger partial charge in [-0.25, -0.2) is 29.7 Å². The summed E-state index contributed by atoms with van der Waals surface area (Å²) in [4.78, 5) is 46.4. The topological polar surface area (TPSA) is 164 Å². The molecule has 2 amide bonds. The van der Waals surface area contributed by atoms with E-state index >= 15 is 0 Å². The number of hydrogen-bond acceptors (Lipinski definition) is 10. The van der Waals surface area contributed by atoms with Gasteiger partial charge in [0.2, 0.25) is 0 Å². The fourth-order valence-corrected chi connectivity index (χ4v) is 3.05. The Hall–Kier alpha value is -4.19. The van der Waals surface area contributed by atoms with Crippen molar-refractivity contribution in [3.05, 3.63) is 54.1 Å². The van der Waals surface area contributed by atoms with Crippen molar-refractivity contribution in [3.8, 4) is 5.88 Å². The standard InChI is InChI=1S/C23H26N8O4/c1-13-4-7-16(18(28-13)20(32)27-11-23(2,3)34)31-22(33)35-21-19(29-15-8-24-12-25-9-15)26-10-17(30-21)14-5-6-14/h4,7-10,12,14,34H,5-6,11H2,1-3H3,(H,26,29)(H,27,32)(H,31,33). The predicted octanol–water partition coefficient (Wildman–Crippen LogP) is 2.70. The van der Waals surface area contributed by atoms with Crippen LogP contribution in [0, 0.1) is 6.92 Å². The molecule has 0 saturated heterocycles. The average molecular weight is 479 g/mol. The minimum Gasteiger partial charge on any atom is -0.389 e. The van der Waals surface area contributed by atoms with Crippen LogP contribution in [0.25, 0.3) is 0 Å². The number of ether oxygens (including phenoxy) is 1. The maximum absolute atomic E-state index is 12.8. The number of carbonyl (C=O) groups excluding carboxylic acids is 2. The average Bonchev–Trinajstić information content (AvgIpc) is 3.65. The molecule has 0 aromatic carbocycles. The molecule has 0 spiro atoms. The molecule has 12 nitrogen and oxygen atoms in total. The van der Waals surface area contributed by atoms with Crippen molar-refractivity contribution in [3.63, 3.8) is 0 Å². The third-order valence-electron chi connectivity index (χ3n) is 4.94. The van der Waals surface area contributed by atoms with Gasteiger partial charge in [-0.15, -0.1) is 0 Å². The van der Waals surface area contributed by atoms with Crippen LogP contribution in [-0.2, 0) is 0 Å². The van der Waals surface area contributed by atoms with E-state index in [1.807, 2.05) is 0 Å². The second-order valence-electron chi connectivity index (χ2n) is 8.83. The Labute approximate surface area is 201 Å². The first-order valence-corrected chi connectivity index (χ1v) is 11.0. The molecule has 1 aliphatic carbocycles. The molecule has 0 unspecified atom stereocenters. The van der Waals surface area contributed by atoms with Gasteiger partial charge in [-0.05, 0) is 45.7 Å². The SMILES string of the molecule is Cc1ccc(NC(=O)Oc2nc(C3CC3)cnc2Nc2cncnc2)c(C(=O)NCC(C)(C)O)n1. The lowest BCUT2D eigenvalue weighted by Crippen LogP contribution is -2.39. The molecule has 3 aromatic rings. The molecule has 1 aliphatic rings. The molecular formula is C23H26N8O4. The second-order valence-corrected chi connectivity index (χ2v) is 8.83. The number of rotatable bonds is 8. The van der Waals surface area contributed by atoms with Gasteiger partial charge in [0, 0.05) is 18.2 Å². The van der Waals surface area contributed by atoms with Crippen LogP contribution in [0.5, 0.6) is 5.88 Å². The Morgan fingerprint density at radius 3 is 2.57 bits per heavy atom. The highest BCUT2D eigenvalue weighted by Crippen LogP contribution is 2.40. The molecule has 3 heterocycles. The lowest BCUT2D eigenvalue weighted by atomic mass is 10.1. The summed E-state index contributed by atoms with van der Waals surface area (Å²) in [6.45, 7) is 4.86. The van der Waals surface area contributed by atoms with E-state index in [1.165, 1.54) is 6.33 Å². The van der Waals surface area contributed by atoms with E-state index < -0.39 is 17.6 Å². The number of aromatic nitrogens is 5. The maximum Gasteiger partial charge on any atom is 0.418 e. The van der Waals surface area contributed by atoms with E-state index in [-0.39, 0.29) is 35.5 Å². The molecule has 0 bridgehead atoms. The highest BCUT2D eigenvalue weighted by molar-refractivity contribution is 6.01. The summed E-state index contributed by atoms with van der Waals surface area (Å²) < 4.78 is 5.49. The maximum atomic E-state index is 12.8. The highest BCUT2D eigenvalue weighted by atomic mass is 16.6. The molecule has 182 valence electrons. The number of amides is 2. The molecule has 12 heteroatoms. The minimum atomic E-state index is -1.11. The number of nitrogens with zero attached hydrogens (tertiary/aromatic N) is 5. The van der Waals surface area contributed by atoms with Crippen LogP contribution in [0.2, 0.25) is 0 Å². The summed E-state index contributed by atoms with van der Waals surface area (Å²) in [7, 11) is 0. The van der Waals surface area contributed by atoms with E-state index in [2.05, 4.69) is 40.9 Å². The molecular weight excluding hydrogens is 452 g/mol. The predicted molar refractivity (Wildman–Crippen MR) is 127 cm³/mol. The Kier molecular flexibility index (Phi) is 6.82. The van der Waals surface area contributed by atoms with Gasteiger partial charge >= 0.3 is 6.09 Å². The van der Waals surface area contributed by atoms with E-state index in [9.17, 15) is 14.7 Å². The zero-order valence-electron chi connectivity index (χ0n) is 19.6. The first-order valence-electron chi connectivity index (χ1n) is 11.0. The second kappa shape index (κ2) is 9.97. The molecule has 35 heavy (non-hydrogen) atoms. The molecule has 1 fully saturated rings. The van der Waals surface area contributed by atoms with Crippen molar-refractivity contribution < 1.29 is 19.4 Å². The Morgan fingerprint density at radius 2 is 1.89 bits per heavy atom. The fraction of sp³-hybridized carbons (Fsp3) is 0.348. The summed E-state index contributed by atoms with van der Waals surface area (Å²) in [6, 6.07) is 3.20. The lowest BCUT2D eigenvalue weighted by Gasteiger charge is -2.18. The Morgan fingerprint density at radius 1 is 1.14 bits per heavy atom. The van der Waals surface area contributed by atoms with Gasteiger partial charge < -0.3 is 20.5 Å². The molecule has 0 atom stereocenters. The first-order chi connectivity index (χ1) is 16.7. The molecule has 4 rings (SSSR count). The summed E-state index contributed by atoms with van der Waals surface area (Å²) in [5, 5.41) is 18.0. The monoisotopic (exact) mass is 478 g/mol. The van der Waals surface area contributed by atoms with Crippen LogP contribution < -0.4 is 20.7 Å². The van der Waals surface area contributed by atoms with Crippen molar-refractivity contribution >= 4 is 29.2 Å². The van der Waals surface area contributed by atoms with Crippen LogP contribution in [0.15, 0.2) is 37.1 Å². The Balaban J connectivity index is 1.53. The summed E-state index contributed by atoms with van der Waals surface area (Å²) >= 11 is 0. The van der Waals surface area contributed by atoms with Crippen LogP contribution in [0.3, 0.4) is 0 Å². The summed E-state index contributed by atoms with van der Waals surface area (Å²) in [5.74, 6) is -0.0733. The first kappa shape index (κ1) is 24.0. The van der Waals surface area contributed by atoms with E-state index in [4.69, 9.17) is 4.74 Å². The quantitative estimate of drug-likeness (QED) is 0.378. The highest BCUT2D eigenvalue weighted by Gasteiger charge is 2.27. The van der Waals surface area contributed by atoms with Crippen LogP contribution >= 0.6 is 0 Å².